The van der Waals surface area contributed by atoms with Gasteiger partial charge in [0.15, 0.2) is 0 Å². The van der Waals surface area contributed by atoms with Gasteiger partial charge in [0.2, 0.25) is 5.76 Å². The Hall–Kier alpha value is -3.95. The smallest absolute Gasteiger partial charge is 0.352 e. The lowest BCUT2D eigenvalue weighted by molar-refractivity contribution is -0.154. The lowest BCUT2D eigenvalue weighted by Crippen LogP contribution is -2.25. The van der Waals surface area contributed by atoms with E-state index in [0.29, 0.717) is 29.4 Å². The molecular formula is C23H18F3N5O2. The third kappa shape index (κ3) is 4.36. The fourth-order valence-corrected chi connectivity index (χ4v) is 3.43. The first kappa shape index (κ1) is 20.9. The van der Waals surface area contributed by atoms with Crippen LogP contribution in [0.4, 0.5) is 13.2 Å². The second-order valence-corrected chi connectivity index (χ2v) is 7.82. The van der Waals surface area contributed by atoms with Gasteiger partial charge in [0, 0.05) is 24.5 Å². The average Bonchev–Trinajstić information content (AvgIpc) is 3.32. The van der Waals surface area contributed by atoms with Crippen LogP contribution in [0, 0.1) is 5.92 Å². The molecule has 168 valence electrons. The van der Waals surface area contributed by atoms with E-state index in [9.17, 15) is 18.0 Å². The highest BCUT2D eigenvalue weighted by atomic mass is 19.4. The van der Waals surface area contributed by atoms with Crippen LogP contribution in [0.3, 0.4) is 0 Å². The molecule has 0 spiro atoms. The second-order valence-electron chi connectivity index (χ2n) is 7.82. The number of alkyl halides is 3. The summed E-state index contributed by atoms with van der Waals surface area (Å²) in [4.78, 5) is 20.6. The summed E-state index contributed by atoms with van der Waals surface area (Å²) in [6.45, 7) is 0.648. The first-order chi connectivity index (χ1) is 15.9. The molecule has 4 aromatic rings. The molecule has 1 aromatic carbocycles. The maximum atomic E-state index is 13.6. The van der Waals surface area contributed by atoms with E-state index in [1.54, 1.807) is 42.5 Å². The first-order valence-electron chi connectivity index (χ1n) is 10.3. The summed E-state index contributed by atoms with van der Waals surface area (Å²) in [5, 5.41) is 6.54. The molecule has 1 N–H and O–H groups in total. The molecule has 0 unspecified atom stereocenters. The minimum absolute atomic E-state index is 0.0375. The minimum Gasteiger partial charge on any atom is -0.352 e. The Labute approximate surface area is 186 Å². The molecule has 7 nitrogen and oxygen atoms in total. The zero-order chi connectivity index (χ0) is 23.0. The van der Waals surface area contributed by atoms with Crippen LogP contribution >= 0.6 is 0 Å². The summed E-state index contributed by atoms with van der Waals surface area (Å²) in [6.07, 6.45) is 1.72. The molecule has 3 heterocycles. The van der Waals surface area contributed by atoms with Crippen molar-refractivity contribution in [3.05, 3.63) is 72.5 Å². The third-order valence-corrected chi connectivity index (χ3v) is 5.36. The topological polar surface area (TPSA) is 85.8 Å². The molecule has 0 atom stereocenters. The number of pyridine rings is 1. The molecule has 1 aliphatic carbocycles. The van der Waals surface area contributed by atoms with Crippen LogP contribution in [-0.4, -0.2) is 32.1 Å². The van der Waals surface area contributed by atoms with Crippen molar-refractivity contribution in [2.45, 2.75) is 19.0 Å². The summed E-state index contributed by atoms with van der Waals surface area (Å²) >= 11 is 0. The van der Waals surface area contributed by atoms with Crippen molar-refractivity contribution in [3.63, 3.8) is 0 Å². The minimum atomic E-state index is -4.74. The largest absolute Gasteiger partial charge is 0.453 e. The van der Waals surface area contributed by atoms with Crippen molar-refractivity contribution >= 4 is 5.91 Å². The standard InChI is InChI=1S/C23H18F3N5O2/c24-23(25,26)21-19(20(30-33-21)15-4-2-1-3-5-15)17-12-31(13-29-17)18-9-8-16(11-27-18)22(32)28-10-14-6-7-14/h1-5,8-9,11-14H,6-7,10H2,(H,28,32). The molecule has 1 fully saturated rings. The van der Waals surface area contributed by atoms with Crippen LogP contribution in [0.2, 0.25) is 0 Å². The number of carbonyl (C=O) groups excluding carboxylic acids is 1. The number of benzene rings is 1. The maximum absolute atomic E-state index is 13.6. The van der Waals surface area contributed by atoms with Crippen LogP contribution < -0.4 is 5.32 Å². The van der Waals surface area contributed by atoms with Gasteiger partial charge in [-0.05, 0) is 30.9 Å². The summed E-state index contributed by atoms with van der Waals surface area (Å²) in [5.41, 5.74) is 0.716. The number of carbonyl (C=O) groups is 1. The molecule has 0 aliphatic heterocycles. The molecule has 10 heteroatoms. The van der Waals surface area contributed by atoms with E-state index >= 15 is 0 Å². The molecule has 0 bridgehead atoms. The summed E-state index contributed by atoms with van der Waals surface area (Å²) in [6, 6.07) is 11.7. The summed E-state index contributed by atoms with van der Waals surface area (Å²) in [5.74, 6) is -0.467. The zero-order valence-corrected chi connectivity index (χ0v) is 17.2. The van der Waals surface area contributed by atoms with Crippen molar-refractivity contribution in [2.24, 2.45) is 5.92 Å². The number of rotatable bonds is 6. The molecule has 33 heavy (non-hydrogen) atoms. The fourth-order valence-electron chi connectivity index (χ4n) is 3.43. The molecule has 1 aliphatic rings. The van der Waals surface area contributed by atoms with Gasteiger partial charge < -0.3 is 9.84 Å². The van der Waals surface area contributed by atoms with Crippen molar-refractivity contribution in [1.29, 1.82) is 0 Å². The number of imidazole rings is 1. The fraction of sp³-hybridized carbons (Fsp3) is 0.217. The van der Waals surface area contributed by atoms with Crippen molar-refractivity contribution in [3.8, 4) is 28.3 Å². The van der Waals surface area contributed by atoms with Crippen molar-refractivity contribution in [1.82, 2.24) is 25.0 Å². The molecule has 3 aromatic heterocycles. The molecule has 0 radical (unpaired) electrons. The van der Waals surface area contributed by atoms with Gasteiger partial charge in [0.1, 0.15) is 17.8 Å². The highest BCUT2D eigenvalue weighted by Gasteiger charge is 2.41. The van der Waals surface area contributed by atoms with E-state index in [4.69, 9.17) is 0 Å². The maximum Gasteiger partial charge on any atom is 0.453 e. The molecule has 1 amide bonds. The Morgan fingerprint density at radius 1 is 1.12 bits per heavy atom. The van der Waals surface area contributed by atoms with Gasteiger partial charge in [-0.15, -0.1) is 0 Å². The first-order valence-corrected chi connectivity index (χ1v) is 10.3. The Kier molecular flexibility index (Phi) is 5.20. The predicted octanol–water partition coefficient (Wildman–Crippen LogP) is 4.75. The van der Waals surface area contributed by atoms with Gasteiger partial charge >= 0.3 is 6.18 Å². The van der Waals surface area contributed by atoms with Crippen molar-refractivity contribution < 1.29 is 22.5 Å². The van der Waals surface area contributed by atoms with E-state index in [0.717, 1.165) is 12.8 Å². The predicted molar refractivity (Wildman–Crippen MR) is 112 cm³/mol. The van der Waals surface area contributed by atoms with Gasteiger partial charge in [-0.25, -0.2) is 9.97 Å². The number of nitrogens with one attached hydrogen (secondary N) is 1. The van der Waals surface area contributed by atoms with Gasteiger partial charge in [-0.2, -0.15) is 13.2 Å². The number of halogens is 3. The van der Waals surface area contributed by atoms with E-state index in [2.05, 4.69) is 25.0 Å². The molecular weight excluding hydrogens is 435 g/mol. The van der Waals surface area contributed by atoms with Gasteiger partial charge in [-0.1, -0.05) is 35.5 Å². The van der Waals surface area contributed by atoms with Crippen LogP contribution in [0.15, 0.2) is 65.7 Å². The number of nitrogens with zero attached hydrogens (tertiary/aromatic N) is 4. The normalized spacial score (nSPS) is 13.8. The van der Waals surface area contributed by atoms with Gasteiger partial charge in [0.05, 0.1) is 16.8 Å². The Morgan fingerprint density at radius 3 is 2.58 bits per heavy atom. The van der Waals surface area contributed by atoms with E-state index in [1.165, 1.54) is 23.3 Å². The Bertz CT molecular complexity index is 1280. The Balaban J connectivity index is 1.45. The van der Waals surface area contributed by atoms with E-state index < -0.39 is 11.9 Å². The number of amides is 1. The van der Waals surface area contributed by atoms with E-state index in [-0.39, 0.29) is 22.9 Å². The molecule has 5 rings (SSSR count). The van der Waals surface area contributed by atoms with Gasteiger partial charge in [0.25, 0.3) is 5.91 Å². The zero-order valence-electron chi connectivity index (χ0n) is 17.2. The lowest BCUT2D eigenvalue weighted by atomic mass is 10.0. The molecule has 1 saturated carbocycles. The SMILES string of the molecule is O=C(NCC1CC1)c1ccc(-n2cnc(-c3c(-c4ccccc4)noc3C(F)(F)F)c2)nc1. The quantitative estimate of drug-likeness (QED) is 0.456. The van der Waals surface area contributed by atoms with E-state index in [1.807, 2.05) is 0 Å². The van der Waals surface area contributed by atoms with Crippen LogP contribution in [0.5, 0.6) is 0 Å². The number of hydrogen-bond donors (Lipinski definition) is 1. The number of aromatic nitrogens is 4. The average molecular weight is 453 g/mol. The Morgan fingerprint density at radius 2 is 1.91 bits per heavy atom. The number of hydrogen-bond acceptors (Lipinski definition) is 5. The lowest BCUT2D eigenvalue weighted by Gasteiger charge is -2.06. The third-order valence-electron chi connectivity index (χ3n) is 5.36. The molecule has 0 saturated heterocycles. The monoisotopic (exact) mass is 453 g/mol. The highest BCUT2D eigenvalue weighted by molar-refractivity contribution is 5.94. The highest BCUT2D eigenvalue weighted by Crippen LogP contribution is 2.42. The van der Waals surface area contributed by atoms with Gasteiger partial charge in [-0.3, -0.25) is 9.36 Å². The van der Waals surface area contributed by atoms with Crippen LogP contribution in [0.1, 0.15) is 29.0 Å². The van der Waals surface area contributed by atoms with Crippen molar-refractivity contribution in [2.75, 3.05) is 6.54 Å². The van der Waals surface area contributed by atoms with Crippen LogP contribution in [-0.2, 0) is 6.18 Å². The second kappa shape index (κ2) is 8.19. The van der Waals surface area contributed by atoms with Crippen LogP contribution in [0.25, 0.3) is 28.3 Å². The summed E-state index contributed by atoms with van der Waals surface area (Å²) in [7, 11) is 0. The summed E-state index contributed by atoms with van der Waals surface area (Å²) < 4.78 is 47.0.